The van der Waals surface area contributed by atoms with Crippen LogP contribution in [0.3, 0.4) is 0 Å². The molecular weight excluding hydrogens is 336 g/mol. The summed E-state index contributed by atoms with van der Waals surface area (Å²) in [6, 6.07) is 18.2. The molecule has 1 aliphatic rings. The molecule has 0 aliphatic carbocycles. The molecule has 0 spiro atoms. The van der Waals surface area contributed by atoms with Crippen LogP contribution in [0.25, 0.3) is 0 Å². The van der Waals surface area contributed by atoms with Crippen LogP contribution in [0, 0.1) is 0 Å². The average Bonchev–Trinajstić information content (AvgIpc) is 2.68. The lowest BCUT2D eigenvalue weighted by atomic mass is 9.95. The number of hydrogen-bond acceptors (Lipinski definition) is 3. The first-order valence-electron chi connectivity index (χ1n) is 9.80. The van der Waals surface area contributed by atoms with Crippen LogP contribution in [-0.4, -0.2) is 35.7 Å². The fraction of sp³-hybridized carbons (Fsp3) is 0.391. The molecule has 2 aromatic carbocycles. The minimum atomic E-state index is 0.0228. The molecule has 4 nitrogen and oxygen atoms in total. The Morgan fingerprint density at radius 1 is 1.04 bits per heavy atom. The third-order valence-electron chi connectivity index (χ3n) is 5.26. The highest BCUT2D eigenvalue weighted by Crippen LogP contribution is 2.21. The van der Waals surface area contributed by atoms with Crippen LogP contribution in [0.15, 0.2) is 54.6 Å². The summed E-state index contributed by atoms with van der Waals surface area (Å²) >= 11 is 0. The molecule has 1 amide bonds. The molecule has 0 bridgehead atoms. The zero-order valence-corrected chi connectivity index (χ0v) is 16.0. The summed E-state index contributed by atoms with van der Waals surface area (Å²) in [7, 11) is 0. The lowest BCUT2D eigenvalue weighted by Gasteiger charge is -2.35. The van der Waals surface area contributed by atoms with Crippen LogP contribution in [-0.2, 0) is 11.2 Å². The summed E-state index contributed by atoms with van der Waals surface area (Å²) in [6.45, 7) is 3.39. The molecule has 1 aliphatic heterocycles. The summed E-state index contributed by atoms with van der Waals surface area (Å²) in [6.07, 6.45) is 5.21. The van der Waals surface area contributed by atoms with E-state index in [0.29, 0.717) is 18.0 Å². The van der Waals surface area contributed by atoms with E-state index in [1.807, 2.05) is 0 Å². The molecule has 2 aromatic rings. The molecule has 1 fully saturated rings. The molecule has 1 saturated heterocycles. The molecule has 0 radical (unpaired) electrons. The smallest absolute Gasteiger partial charge is 0.225 e. The van der Waals surface area contributed by atoms with Crippen molar-refractivity contribution in [2.45, 2.75) is 45.1 Å². The fourth-order valence-corrected chi connectivity index (χ4v) is 3.73. The monoisotopic (exact) mass is 364 g/mol. The second-order valence-electron chi connectivity index (χ2n) is 7.31. The first kappa shape index (κ1) is 19.3. The number of benzene rings is 2. The number of likely N-dealkylation sites (tertiary alicyclic amines) is 1. The number of nitrogens with zero attached hydrogens (tertiary/aromatic N) is 1. The van der Waals surface area contributed by atoms with Gasteiger partial charge in [-0.3, -0.25) is 14.5 Å². The van der Waals surface area contributed by atoms with Crippen molar-refractivity contribution in [3.8, 4) is 0 Å². The zero-order valence-electron chi connectivity index (χ0n) is 16.0. The van der Waals surface area contributed by atoms with Crippen LogP contribution in [0.4, 0.5) is 5.69 Å². The van der Waals surface area contributed by atoms with E-state index in [4.69, 9.17) is 0 Å². The summed E-state index contributed by atoms with van der Waals surface area (Å²) in [5, 5.41) is 2.94. The molecule has 1 atom stereocenters. The van der Waals surface area contributed by atoms with E-state index in [1.54, 1.807) is 24.3 Å². The van der Waals surface area contributed by atoms with E-state index in [9.17, 15) is 9.59 Å². The molecule has 1 heterocycles. The van der Waals surface area contributed by atoms with E-state index in [-0.39, 0.29) is 11.7 Å². The fourth-order valence-electron chi connectivity index (χ4n) is 3.73. The topological polar surface area (TPSA) is 49.4 Å². The van der Waals surface area contributed by atoms with E-state index in [2.05, 4.69) is 40.5 Å². The highest BCUT2D eigenvalue weighted by molar-refractivity contribution is 5.95. The minimum absolute atomic E-state index is 0.0228. The van der Waals surface area contributed by atoms with Crippen LogP contribution in [0.1, 0.15) is 48.5 Å². The van der Waals surface area contributed by atoms with Gasteiger partial charge in [-0.25, -0.2) is 0 Å². The van der Waals surface area contributed by atoms with Gasteiger partial charge in [0.1, 0.15) is 0 Å². The van der Waals surface area contributed by atoms with Gasteiger partial charge < -0.3 is 5.32 Å². The SMILES string of the molecule is CC(=O)c1ccc(NC(=O)CCN2CCCCC2Cc2ccccc2)cc1. The first-order chi connectivity index (χ1) is 13.1. The summed E-state index contributed by atoms with van der Waals surface area (Å²) in [4.78, 5) is 26.1. The van der Waals surface area contributed by atoms with Crippen LogP contribution in [0.2, 0.25) is 0 Å². The molecule has 1 unspecified atom stereocenters. The maximum Gasteiger partial charge on any atom is 0.225 e. The molecular formula is C23H28N2O2. The van der Waals surface area contributed by atoms with Crippen molar-refractivity contribution >= 4 is 17.4 Å². The van der Waals surface area contributed by atoms with Gasteiger partial charge in [0, 0.05) is 30.3 Å². The maximum atomic E-state index is 12.3. The van der Waals surface area contributed by atoms with Crippen molar-refractivity contribution in [1.82, 2.24) is 4.90 Å². The number of carbonyl (C=O) groups excluding carboxylic acids is 2. The molecule has 27 heavy (non-hydrogen) atoms. The van der Waals surface area contributed by atoms with Gasteiger partial charge in [-0.2, -0.15) is 0 Å². The van der Waals surface area contributed by atoms with Crippen molar-refractivity contribution in [3.05, 3.63) is 65.7 Å². The van der Waals surface area contributed by atoms with Gasteiger partial charge in [0.25, 0.3) is 0 Å². The van der Waals surface area contributed by atoms with Crippen molar-refractivity contribution in [3.63, 3.8) is 0 Å². The Balaban J connectivity index is 1.51. The largest absolute Gasteiger partial charge is 0.326 e. The standard InChI is InChI=1S/C23H28N2O2/c1-18(26)20-10-12-21(13-11-20)24-23(27)14-16-25-15-6-5-9-22(25)17-19-7-3-2-4-8-19/h2-4,7-8,10-13,22H,5-6,9,14-17H2,1H3,(H,24,27). The number of amides is 1. The molecule has 142 valence electrons. The summed E-state index contributed by atoms with van der Waals surface area (Å²) in [5.74, 6) is 0.0528. The molecule has 0 saturated carbocycles. The van der Waals surface area contributed by atoms with Gasteiger partial charge in [0.2, 0.25) is 5.91 Å². The molecule has 4 heteroatoms. The predicted molar refractivity (Wildman–Crippen MR) is 109 cm³/mol. The third-order valence-corrected chi connectivity index (χ3v) is 5.26. The van der Waals surface area contributed by atoms with E-state index in [1.165, 1.54) is 31.7 Å². The number of nitrogens with one attached hydrogen (secondary N) is 1. The number of Topliss-reactive ketones (excluding diaryl/α,β-unsaturated/α-hetero) is 1. The lowest BCUT2D eigenvalue weighted by Crippen LogP contribution is -2.42. The van der Waals surface area contributed by atoms with Gasteiger partial charge in [-0.05, 0) is 62.6 Å². The Kier molecular flexibility index (Phi) is 6.77. The van der Waals surface area contributed by atoms with Crippen LogP contribution in [0.5, 0.6) is 0 Å². The number of anilines is 1. The van der Waals surface area contributed by atoms with Crippen LogP contribution < -0.4 is 5.32 Å². The second kappa shape index (κ2) is 9.47. The number of ketones is 1. The van der Waals surface area contributed by atoms with Gasteiger partial charge in [-0.1, -0.05) is 36.8 Å². The minimum Gasteiger partial charge on any atom is -0.326 e. The van der Waals surface area contributed by atoms with Gasteiger partial charge >= 0.3 is 0 Å². The summed E-state index contributed by atoms with van der Waals surface area (Å²) in [5.41, 5.74) is 2.76. The maximum absolute atomic E-state index is 12.3. The predicted octanol–water partition coefficient (Wildman–Crippen LogP) is 4.32. The second-order valence-corrected chi connectivity index (χ2v) is 7.31. The Morgan fingerprint density at radius 3 is 2.48 bits per heavy atom. The highest BCUT2D eigenvalue weighted by Gasteiger charge is 2.23. The number of hydrogen-bond donors (Lipinski definition) is 1. The average molecular weight is 364 g/mol. The zero-order chi connectivity index (χ0) is 19.1. The van der Waals surface area contributed by atoms with Crippen molar-refractivity contribution in [2.24, 2.45) is 0 Å². The van der Waals surface area contributed by atoms with Crippen molar-refractivity contribution in [2.75, 3.05) is 18.4 Å². The quantitative estimate of drug-likeness (QED) is 0.745. The number of carbonyl (C=O) groups is 2. The van der Waals surface area contributed by atoms with Gasteiger partial charge in [0.15, 0.2) is 5.78 Å². The Hall–Kier alpha value is -2.46. The first-order valence-corrected chi connectivity index (χ1v) is 9.80. The molecule has 0 aromatic heterocycles. The number of piperidine rings is 1. The Labute approximate surface area is 161 Å². The van der Waals surface area contributed by atoms with Crippen LogP contribution >= 0.6 is 0 Å². The van der Waals surface area contributed by atoms with E-state index in [0.717, 1.165) is 25.2 Å². The Bertz CT molecular complexity index is 756. The van der Waals surface area contributed by atoms with Gasteiger partial charge in [-0.15, -0.1) is 0 Å². The molecule has 1 N–H and O–H groups in total. The highest BCUT2D eigenvalue weighted by atomic mass is 16.1. The third kappa shape index (κ3) is 5.76. The Morgan fingerprint density at radius 2 is 1.78 bits per heavy atom. The number of rotatable bonds is 7. The molecule has 3 rings (SSSR count). The summed E-state index contributed by atoms with van der Waals surface area (Å²) < 4.78 is 0. The van der Waals surface area contributed by atoms with E-state index < -0.39 is 0 Å². The normalized spacial score (nSPS) is 17.4. The van der Waals surface area contributed by atoms with E-state index >= 15 is 0 Å². The van der Waals surface area contributed by atoms with Crippen molar-refractivity contribution < 1.29 is 9.59 Å². The van der Waals surface area contributed by atoms with Gasteiger partial charge in [0.05, 0.1) is 0 Å². The lowest BCUT2D eigenvalue weighted by molar-refractivity contribution is -0.116. The van der Waals surface area contributed by atoms with Crippen molar-refractivity contribution in [1.29, 1.82) is 0 Å².